The highest BCUT2D eigenvalue weighted by molar-refractivity contribution is 5.94. The van der Waals surface area contributed by atoms with Crippen LogP contribution in [0.25, 0.3) is 0 Å². The van der Waals surface area contributed by atoms with Crippen molar-refractivity contribution in [2.24, 2.45) is 0 Å². The van der Waals surface area contributed by atoms with Crippen LogP contribution in [0, 0.1) is 0 Å². The maximum atomic E-state index is 12.5. The highest BCUT2D eigenvalue weighted by Gasteiger charge is 2.38. The van der Waals surface area contributed by atoms with E-state index < -0.39 is 0 Å². The molecule has 130 valence electrons. The Hall–Kier alpha value is -2.57. The smallest absolute Gasteiger partial charge is 0.324 e. The van der Waals surface area contributed by atoms with Crippen LogP contribution in [0.5, 0.6) is 11.5 Å². The van der Waals surface area contributed by atoms with Gasteiger partial charge in [-0.1, -0.05) is 12.1 Å². The van der Waals surface area contributed by atoms with Gasteiger partial charge < -0.3 is 20.1 Å². The van der Waals surface area contributed by atoms with Gasteiger partial charge >= 0.3 is 6.03 Å². The first-order valence-electron chi connectivity index (χ1n) is 8.51. The zero-order valence-corrected chi connectivity index (χ0v) is 13.9. The number of urea groups is 1. The molecular formula is C19H21N3O3. The molecule has 2 fully saturated rings. The molecule has 2 amide bonds. The van der Waals surface area contributed by atoms with E-state index in [1.807, 2.05) is 58.3 Å². The molecule has 2 aliphatic rings. The van der Waals surface area contributed by atoms with E-state index >= 15 is 0 Å². The second kappa shape index (κ2) is 6.74. The van der Waals surface area contributed by atoms with Crippen molar-refractivity contribution in [3.8, 4) is 11.5 Å². The van der Waals surface area contributed by atoms with Crippen molar-refractivity contribution in [3.05, 3.63) is 54.1 Å². The third kappa shape index (κ3) is 3.18. The van der Waals surface area contributed by atoms with E-state index in [-0.39, 0.29) is 18.7 Å². The van der Waals surface area contributed by atoms with Crippen LogP contribution in [0.3, 0.4) is 0 Å². The lowest BCUT2D eigenvalue weighted by Gasteiger charge is -2.28. The number of carbonyl (C=O) groups excluding carboxylic acids is 1. The number of piperazine rings is 1. The van der Waals surface area contributed by atoms with Crippen molar-refractivity contribution in [1.29, 1.82) is 0 Å². The second-order valence-corrected chi connectivity index (χ2v) is 6.34. The van der Waals surface area contributed by atoms with E-state index in [0.717, 1.165) is 30.9 Å². The molecule has 2 aromatic rings. The highest BCUT2D eigenvalue weighted by atomic mass is 16.5. The molecule has 0 unspecified atom stereocenters. The lowest BCUT2D eigenvalue weighted by atomic mass is 10.2. The van der Waals surface area contributed by atoms with Gasteiger partial charge in [-0.15, -0.1) is 0 Å². The van der Waals surface area contributed by atoms with Crippen LogP contribution in [-0.4, -0.2) is 48.3 Å². The summed E-state index contributed by atoms with van der Waals surface area (Å²) in [5, 5.41) is 12.4. The fourth-order valence-electron chi connectivity index (χ4n) is 3.33. The summed E-state index contributed by atoms with van der Waals surface area (Å²) in [4.78, 5) is 16.3. The predicted octanol–water partition coefficient (Wildman–Crippen LogP) is 2.18. The number of hydrogen-bond acceptors (Lipinski definition) is 4. The molecule has 6 nitrogen and oxygen atoms in total. The number of fused-ring (bicyclic) bond motifs is 1. The molecule has 2 heterocycles. The van der Waals surface area contributed by atoms with E-state index in [1.54, 1.807) is 0 Å². The number of rotatable bonds is 4. The van der Waals surface area contributed by atoms with Crippen molar-refractivity contribution in [3.63, 3.8) is 0 Å². The summed E-state index contributed by atoms with van der Waals surface area (Å²) < 4.78 is 5.81. The Morgan fingerprint density at radius 3 is 2.40 bits per heavy atom. The number of aliphatic hydroxyl groups is 1. The summed E-state index contributed by atoms with van der Waals surface area (Å²) in [5.41, 5.74) is 1.74. The maximum Gasteiger partial charge on any atom is 0.324 e. The van der Waals surface area contributed by atoms with Crippen LogP contribution in [-0.2, 0) is 6.61 Å². The first-order valence-corrected chi connectivity index (χ1v) is 8.51. The number of hydrogen-bond donors (Lipinski definition) is 2. The van der Waals surface area contributed by atoms with E-state index in [9.17, 15) is 4.79 Å². The third-order valence-electron chi connectivity index (χ3n) is 4.71. The van der Waals surface area contributed by atoms with Crippen molar-refractivity contribution >= 4 is 11.7 Å². The van der Waals surface area contributed by atoms with E-state index in [1.165, 1.54) is 0 Å². The summed E-state index contributed by atoms with van der Waals surface area (Å²) in [6.07, 6.45) is 0. The molecule has 0 radical (unpaired) electrons. The van der Waals surface area contributed by atoms with Gasteiger partial charge in [0, 0.05) is 31.9 Å². The van der Waals surface area contributed by atoms with Gasteiger partial charge in [0.2, 0.25) is 0 Å². The van der Waals surface area contributed by atoms with Gasteiger partial charge in [0.05, 0.1) is 12.6 Å². The minimum absolute atomic E-state index is 0.0202. The second-order valence-electron chi connectivity index (χ2n) is 6.34. The average Bonchev–Trinajstić information content (AvgIpc) is 3.00. The number of ether oxygens (including phenoxy) is 1. The van der Waals surface area contributed by atoms with E-state index in [4.69, 9.17) is 9.84 Å². The number of amides is 2. The molecule has 0 aromatic heterocycles. The van der Waals surface area contributed by atoms with Crippen LogP contribution in [0.2, 0.25) is 0 Å². The van der Waals surface area contributed by atoms with Crippen LogP contribution in [0.15, 0.2) is 48.5 Å². The SMILES string of the molecule is O=C1N(c2ccc(Oc3ccc(CO)cc3)cc2)C[C@H]2CNCCN12. The van der Waals surface area contributed by atoms with E-state index in [0.29, 0.717) is 18.0 Å². The Balaban J connectivity index is 1.45. The molecule has 1 atom stereocenters. The Labute approximate surface area is 146 Å². The number of nitrogens with one attached hydrogen (secondary N) is 1. The van der Waals surface area contributed by atoms with Crippen molar-refractivity contribution < 1.29 is 14.6 Å². The maximum absolute atomic E-state index is 12.5. The molecular weight excluding hydrogens is 318 g/mol. The van der Waals surface area contributed by atoms with Crippen LogP contribution in [0.1, 0.15) is 5.56 Å². The molecule has 2 aromatic carbocycles. The number of anilines is 1. The van der Waals surface area contributed by atoms with Gasteiger partial charge in [0.25, 0.3) is 0 Å². The normalized spacial score (nSPS) is 19.9. The fraction of sp³-hybridized carbons (Fsp3) is 0.316. The lowest BCUT2D eigenvalue weighted by molar-refractivity contribution is 0.193. The molecule has 0 spiro atoms. The van der Waals surface area contributed by atoms with Crippen LogP contribution < -0.4 is 15.0 Å². The van der Waals surface area contributed by atoms with Gasteiger partial charge in [-0.2, -0.15) is 0 Å². The lowest BCUT2D eigenvalue weighted by Crippen LogP contribution is -2.49. The van der Waals surface area contributed by atoms with Crippen LogP contribution >= 0.6 is 0 Å². The van der Waals surface area contributed by atoms with Crippen molar-refractivity contribution in [1.82, 2.24) is 10.2 Å². The molecule has 6 heteroatoms. The molecule has 0 saturated carbocycles. The quantitative estimate of drug-likeness (QED) is 0.896. The first-order chi connectivity index (χ1) is 12.2. The van der Waals surface area contributed by atoms with Gasteiger partial charge in [0.15, 0.2) is 0 Å². The minimum Gasteiger partial charge on any atom is -0.457 e. The first kappa shape index (κ1) is 15.9. The predicted molar refractivity (Wildman–Crippen MR) is 95.0 cm³/mol. The minimum atomic E-state index is 0.0202. The molecule has 25 heavy (non-hydrogen) atoms. The fourth-order valence-corrected chi connectivity index (χ4v) is 3.33. The number of nitrogens with zero attached hydrogens (tertiary/aromatic N) is 2. The monoisotopic (exact) mass is 339 g/mol. The molecule has 2 aliphatic heterocycles. The number of aliphatic hydroxyl groups excluding tert-OH is 1. The molecule has 2 N–H and O–H groups in total. The highest BCUT2D eigenvalue weighted by Crippen LogP contribution is 2.28. The van der Waals surface area contributed by atoms with Crippen LogP contribution in [0.4, 0.5) is 10.5 Å². The zero-order chi connectivity index (χ0) is 17.2. The van der Waals surface area contributed by atoms with Gasteiger partial charge in [-0.25, -0.2) is 4.79 Å². The zero-order valence-electron chi connectivity index (χ0n) is 13.9. The molecule has 4 rings (SSSR count). The summed E-state index contributed by atoms with van der Waals surface area (Å²) >= 11 is 0. The molecule has 0 bridgehead atoms. The third-order valence-corrected chi connectivity index (χ3v) is 4.71. The Bertz CT molecular complexity index is 746. The summed E-state index contributed by atoms with van der Waals surface area (Å²) in [6, 6.07) is 15.2. The van der Waals surface area contributed by atoms with Gasteiger partial charge in [-0.3, -0.25) is 4.90 Å². The van der Waals surface area contributed by atoms with Crippen molar-refractivity contribution in [2.45, 2.75) is 12.6 Å². The summed E-state index contributed by atoms with van der Waals surface area (Å²) in [6.45, 7) is 3.22. The largest absolute Gasteiger partial charge is 0.457 e. The van der Waals surface area contributed by atoms with E-state index in [2.05, 4.69) is 5.32 Å². The number of carbonyl (C=O) groups is 1. The van der Waals surface area contributed by atoms with Gasteiger partial charge in [-0.05, 0) is 42.0 Å². The number of benzene rings is 2. The molecule has 2 saturated heterocycles. The molecule has 0 aliphatic carbocycles. The summed E-state index contributed by atoms with van der Waals surface area (Å²) in [7, 11) is 0. The van der Waals surface area contributed by atoms with Gasteiger partial charge in [0.1, 0.15) is 11.5 Å². The summed E-state index contributed by atoms with van der Waals surface area (Å²) in [5.74, 6) is 1.43. The topological polar surface area (TPSA) is 65.0 Å². The Kier molecular flexibility index (Phi) is 4.29. The Morgan fingerprint density at radius 2 is 1.76 bits per heavy atom. The standard InChI is InChI=1S/C19H21N3O3/c23-13-14-1-5-17(6-2-14)25-18-7-3-15(4-8-18)22-12-16-11-20-9-10-21(16)19(22)24/h1-8,16,20,23H,9-13H2/t16-/m1/s1. The average molecular weight is 339 g/mol. The van der Waals surface area contributed by atoms with Crippen molar-refractivity contribution in [2.75, 3.05) is 31.1 Å². The Morgan fingerprint density at radius 1 is 1.08 bits per heavy atom.